The zero-order valence-corrected chi connectivity index (χ0v) is 15.1. The van der Waals surface area contributed by atoms with Crippen LogP contribution >= 0.6 is 0 Å². The van der Waals surface area contributed by atoms with Crippen LogP contribution in [0.2, 0.25) is 0 Å². The van der Waals surface area contributed by atoms with Crippen LogP contribution in [0.1, 0.15) is 38.8 Å². The number of ether oxygens (including phenoxy) is 1. The molecule has 0 unspecified atom stereocenters. The molecule has 0 aliphatic rings. The molecule has 1 aromatic carbocycles. The van der Waals surface area contributed by atoms with E-state index in [9.17, 15) is 4.79 Å². The number of hydrogen-bond donors (Lipinski definition) is 1. The summed E-state index contributed by atoms with van der Waals surface area (Å²) in [6.07, 6.45) is 2.38. The van der Waals surface area contributed by atoms with Gasteiger partial charge in [-0.05, 0) is 38.8 Å². The predicted octanol–water partition coefficient (Wildman–Crippen LogP) is 4.38. The average molecular weight is 326 g/mol. The maximum Gasteiger partial charge on any atom is 0.230 e. The molecule has 0 saturated carbocycles. The highest BCUT2D eigenvalue weighted by Crippen LogP contribution is 2.24. The van der Waals surface area contributed by atoms with Gasteiger partial charge in [-0.15, -0.1) is 0 Å². The molecule has 4 nitrogen and oxygen atoms in total. The number of benzene rings is 1. The van der Waals surface area contributed by atoms with Gasteiger partial charge in [-0.3, -0.25) is 4.79 Å². The van der Waals surface area contributed by atoms with E-state index in [2.05, 4.69) is 41.5 Å². The lowest BCUT2D eigenvalue weighted by Gasteiger charge is -2.23. The molecule has 24 heavy (non-hydrogen) atoms. The van der Waals surface area contributed by atoms with Crippen molar-refractivity contribution >= 4 is 11.6 Å². The molecule has 0 radical (unpaired) electrons. The van der Waals surface area contributed by atoms with E-state index in [1.807, 2.05) is 33.8 Å². The van der Waals surface area contributed by atoms with Gasteiger partial charge in [-0.1, -0.05) is 43.7 Å². The first kappa shape index (κ1) is 18.0. The third kappa shape index (κ3) is 5.08. The smallest absolute Gasteiger partial charge is 0.230 e. The molecule has 0 atom stereocenters. The summed E-state index contributed by atoms with van der Waals surface area (Å²) >= 11 is 0. The molecule has 128 valence electrons. The Balaban J connectivity index is 2.00. The van der Waals surface area contributed by atoms with Crippen molar-refractivity contribution in [1.82, 2.24) is 4.98 Å². The monoisotopic (exact) mass is 326 g/mol. The van der Waals surface area contributed by atoms with Gasteiger partial charge in [0.15, 0.2) is 0 Å². The average Bonchev–Trinajstić information content (AvgIpc) is 2.51. The summed E-state index contributed by atoms with van der Waals surface area (Å²) in [5, 5.41) is 2.94. The Hall–Kier alpha value is -2.36. The standard InChI is InChI=1S/C20H26N2O2/c1-14(2)24-18-11-10-17(13-21-18)22-19(23)20(4,5)12-16-8-6-15(3)7-9-16/h6-11,13-14H,12H2,1-5H3,(H,22,23). The molecule has 1 heterocycles. The summed E-state index contributed by atoms with van der Waals surface area (Å²) in [4.78, 5) is 16.8. The van der Waals surface area contributed by atoms with Crippen LogP contribution in [0.15, 0.2) is 42.6 Å². The number of carbonyl (C=O) groups excluding carboxylic acids is 1. The second kappa shape index (κ2) is 7.47. The fourth-order valence-corrected chi connectivity index (χ4v) is 2.36. The first-order valence-electron chi connectivity index (χ1n) is 8.26. The number of nitrogens with zero attached hydrogens (tertiary/aromatic N) is 1. The second-order valence-electron chi connectivity index (χ2n) is 7.05. The van der Waals surface area contributed by atoms with Crippen molar-refractivity contribution in [2.24, 2.45) is 5.41 Å². The van der Waals surface area contributed by atoms with E-state index in [1.165, 1.54) is 5.56 Å². The Morgan fingerprint density at radius 1 is 1.17 bits per heavy atom. The van der Waals surface area contributed by atoms with Gasteiger partial charge in [0.1, 0.15) is 0 Å². The van der Waals surface area contributed by atoms with Crippen molar-refractivity contribution in [3.05, 3.63) is 53.7 Å². The molecule has 4 heteroatoms. The molecule has 1 amide bonds. The molecule has 0 saturated heterocycles. The Morgan fingerprint density at radius 2 is 1.83 bits per heavy atom. The maximum absolute atomic E-state index is 12.6. The van der Waals surface area contributed by atoms with Crippen LogP contribution in [0.4, 0.5) is 5.69 Å². The summed E-state index contributed by atoms with van der Waals surface area (Å²) in [7, 11) is 0. The zero-order chi connectivity index (χ0) is 17.7. The van der Waals surface area contributed by atoms with E-state index < -0.39 is 5.41 Å². The van der Waals surface area contributed by atoms with Crippen molar-refractivity contribution in [1.29, 1.82) is 0 Å². The largest absolute Gasteiger partial charge is 0.475 e. The van der Waals surface area contributed by atoms with Crippen LogP contribution in [0.3, 0.4) is 0 Å². The molecule has 0 spiro atoms. The molecule has 2 aromatic rings. The van der Waals surface area contributed by atoms with Gasteiger partial charge in [0.05, 0.1) is 18.0 Å². The normalized spacial score (nSPS) is 11.4. The summed E-state index contributed by atoms with van der Waals surface area (Å²) < 4.78 is 5.51. The van der Waals surface area contributed by atoms with E-state index in [0.717, 1.165) is 5.56 Å². The van der Waals surface area contributed by atoms with E-state index >= 15 is 0 Å². The van der Waals surface area contributed by atoms with E-state index in [0.29, 0.717) is 18.0 Å². The van der Waals surface area contributed by atoms with E-state index in [1.54, 1.807) is 12.3 Å². The Bertz CT molecular complexity index is 674. The van der Waals surface area contributed by atoms with Gasteiger partial charge in [-0.2, -0.15) is 0 Å². The number of rotatable bonds is 6. The third-order valence-electron chi connectivity index (χ3n) is 3.73. The first-order chi connectivity index (χ1) is 11.3. The minimum atomic E-state index is -0.512. The Kier molecular flexibility index (Phi) is 5.60. The van der Waals surface area contributed by atoms with Gasteiger partial charge < -0.3 is 10.1 Å². The summed E-state index contributed by atoms with van der Waals surface area (Å²) in [6.45, 7) is 9.86. The molecular weight excluding hydrogens is 300 g/mol. The van der Waals surface area contributed by atoms with E-state index in [4.69, 9.17) is 4.74 Å². The number of anilines is 1. The quantitative estimate of drug-likeness (QED) is 0.857. The van der Waals surface area contributed by atoms with Gasteiger partial charge >= 0.3 is 0 Å². The molecule has 0 aliphatic heterocycles. The van der Waals surface area contributed by atoms with Crippen LogP contribution in [0.5, 0.6) is 5.88 Å². The number of aryl methyl sites for hydroxylation is 1. The number of amides is 1. The molecule has 0 bridgehead atoms. The first-order valence-corrected chi connectivity index (χ1v) is 8.26. The third-order valence-corrected chi connectivity index (χ3v) is 3.73. The lowest BCUT2D eigenvalue weighted by atomic mass is 9.84. The molecular formula is C20H26N2O2. The summed E-state index contributed by atoms with van der Waals surface area (Å²) in [5.41, 5.74) is 2.53. The molecule has 1 aromatic heterocycles. The topological polar surface area (TPSA) is 51.2 Å². The van der Waals surface area contributed by atoms with Crippen molar-refractivity contribution in [2.45, 2.75) is 47.1 Å². The van der Waals surface area contributed by atoms with Crippen LogP contribution in [-0.2, 0) is 11.2 Å². The SMILES string of the molecule is Cc1ccc(CC(C)(C)C(=O)Nc2ccc(OC(C)C)nc2)cc1. The summed E-state index contributed by atoms with van der Waals surface area (Å²) in [6, 6.07) is 11.9. The number of pyridine rings is 1. The number of aromatic nitrogens is 1. The Labute approximate surface area is 144 Å². The van der Waals surface area contributed by atoms with Crippen LogP contribution in [0.25, 0.3) is 0 Å². The molecule has 2 rings (SSSR count). The minimum absolute atomic E-state index is 0.0256. The van der Waals surface area contributed by atoms with Gasteiger partial charge in [0, 0.05) is 11.5 Å². The highest BCUT2D eigenvalue weighted by molar-refractivity contribution is 5.94. The van der Waals surface area contributed by atoms with Gasteiger partial charge in [0.2, 0.25) is 11.8 Å². The Morgan fingerprint density at radius 3 is 2.38 bits per heavy atom. The highest BCUT2D eigenvalue weighted by Gasteiger charge is 2.28. The number of hydrogen-bond acceptors (Lipinski definition) is 3. The lowest BCUT2D eigenvalue weighted by molar-refractivity contribution is -0.123. The second-order valence-corrected chi connectivity index (χ2v) is 7.05. The number of nitrogens with one attached hydrogen (secondary N) is 1. The van der Waals surface area contributed by atoms with Crippen molar-refractivity contribution in [2.75, 3.05) is 5.32 Å². The van der Waals surface area contributed by atoms with Crippen LogP contribution < -0.4 is 10.1 Å². The molecule has 1 N–H and O–H groups in total. The van der Waals surface area contributed by atoms with Crippen LogP contribution in [0, 0.1) is 12.3 Å². The fourth-order valence-electron chi connectivity index (χ4n) is 2.36. The number of carbonyl (C=O) groups is 1. The van der Waals surface area contributed by atoms with E-state index in [-0.39, 0.29) is 12.0 Å². The van der Waals surface area contributed by atoms with Crippen molar-refractivity contribution in [3.8, 4) is 5.88 Å². The van der Waals surface area contributed by atoms with Crippen molar-refractivity contribution in [3.63, 3.8) is 0 Å². The zero-order valence-electron chi connectivity index (χ0n) is 15.1. The van der Waals surface area contributed by atoms with Crippen molar-refractivity contribution < 1.29 is 9.53 Å². The fraction of sp³-hybridized carbons (Fsp3) is 0.400. The molecule has 0 aliphatic carbocycles. The molecule has 0 fully saturated rings. The van der Waals surface area contributed by atoms with Gasteiger partial charge in [0.25, 0.3) is 0 Å². The maximum atomic E-state index is 12.6. The highest BCUT2D eigenvalue weighted by atomic mass is 16.5. The van der Waals surface area contributed by atoms with Crippen LogP contribution in [-0.4, -0.2) is 17.0 Å². The minimum Gasteiger partial charge on any atom is -0.475 e. The lowest BCUT2D eigenvalue weighted by Crippen LogP contribution is -2.32. The summed E-state index contributed by atoms with van der Waals surface area (Å²) in [5.74, 6) is 0.532. The van der Waals surface area contributed by atoms with Gasteiger partial charge in [-0.25, -0.2) is 4.98 Å². The predicted molar refractivity (Wildman–Crippen MR) is 97.3 cm³/mol.